The average Bonchev–Trinajstić information content (AvgIpc) is 2.67. The van der Waals surface area contributed by atoms with E-state index in [1.54, 1.807) is 7.11 Å². The second-order valence-electron chi connectivity index (χ2n) is 5.59. The van der Waals surface area contributed by atoms with Gasteiger partial charge < -0.3 is 14.5 Å². The van der Waals surface area contributed by atoms with Crippen LogP contribution >= 0.6 is 0 Å². The van der Waals surface area contributed by atoms with Gasteiger partial charge in [0, 0.05) is 43.4 Å². The highest BCUT2D eigenvalue weighted by atomic mass is 16.5. The number of carbonyl (C=O) groups is 1. The second-order valence-corrected chi connectivity index (χ2v) is 5.59. The Morgan fingerprint density at radius 2 is 1.62 bits per heavy atom. The molecule has 1 heterocycles. The Labute approximate surface area is 142 Å². The molecule has 122 valence electrons. The van der Waals surface area contributed by atoms with Crippen molar-refractivity contribution in [3.05, 3.63) is 60.2 Å². The Balaban J connectivity index is 1.56. The van der Waals surface area contributed by atoms with Gasteiger partial charge in [0.25, 0.3) is 5.91 Å². The predicted octanol–water partition coefficient (Wildman–Crippen LogP) is 2.40. The smallest absolute Gasteiger partial charge is 0.298 e. The fraction of sp³-hybridized carbons (Fsp3) is 0.250. The van der Waals surface area contributed by atoms with Gasteiger partial charge in [0.1, 0.15) is 5.75 Å². The molecule has 1 saturated heterocycles. The van der Waals surface area contributed by atoms with Crippen molar-refractivity contribution in [2.24, 2.45) is 0 Å². The van der Waals surface area contributed by atoms with E-state index in [1.807, 2.05) is 59.5 Å². The number of ether oxygens (including phenoxy) is 1. The summed E-state index contributed by atoms with van der Waals surface area (Å²) in [5, 5.41) is 0. The Kier molecular flexibility index (Phi) is 5.02. The lowest BCUT2D eigenvalue weighted by Crippen LogP contribution is -2.48. The number of amides is 1. The SMILES string of the molecule is COc1ccc(N2CCN(C(=O)C#Cc3ccccc3)CC2)cc1. The normalized spacial score (nSPS) is 13.9. The van der Waals surface area contributed by atoms with Crippen LogP contribution in [0.3, 0.4) is 0 Å². The van der Waals surface area contributed by atoms with Crippen molar-refractivity contribution in [1.29, 1.82) is 0 Å². The van der Waals surface area contributed by atoms with Gasteiger partial charge in [-0.15, -0.1) is 0 Å². The monoisotopic (exact) mass is 320 g/mol. The summed E-state index contributed by atoms with van der Waals surface area (Å²) in [6.07, 6.45) is 0. The van der Waals surface area contributed by atoms with Crippen LogP contribution in [0.4, 0.5) is 5.69 Å². The standard InChI is InChI=1S/C20H20N2O2/c1-24-19-10-8-18(9-11-19)21-13-15-22(16-14-21)20(23)12-7-17-5-3-2-4-6-17/h2-6,8-11H,13-16H2,1H3. The highest BCUT2D eigenvalue weighted by Crippen LogP contribution is 2.20. The fourth-order valence-electron chi connectivity index (χ4n) is 2.69. The number of rotatable bonds is 2. The van der Waals surface area contributed by atoms with E-state index in [1.165, 1.54) is 0 Å². The van der Waals surface area contributed by atoms with Crippen molar-refractivity contribution >= 4 is 11.6 Å². The second kappa shape index (κ2) is 7.56. The van der Waals surface area contributed by atoms with Crippen LogP contribution in [0.15, 0.2) is 54.6 Å². The number of piperazine rings is 1. The van der Waals surface area contributed by atoms with Crippen molar-refractivity contribution < 1.29 is 9.53 Å². The predicted molar refractivity (Wildman–Crippen MR) is 95.1 cm³/mol. The number of anilines is 1. The minimum atomic E-state index is -0.103. The number of carbonyl (C=O) groups excluding carboxylic acids is 1. The van der Waals surface area contributed by atoms with Crippen molar-refractivity contribution in [1.82, 2.24) is 4.90 Å². The average molecular weight is 320 g/mol. The summed E-state index contributed by atoms with van der Waals surface area (Å²) < 4.78 is 5.18. The van der Waals surface area contributed by atoms with Gasteiger partial charge in [0.05, 0.1) is 7.11 Å². The summed E-state index contributed by atoms with van der Waals surface area (Å²) in [6, 6.07) is 17.6. The molecule has 0 N–H and O–H groups in total. The van der Waals surface area contributed by atoms with Gasteiger partial charge in [-0.2, -0.15) is 0 Å². The molecule has 1 fully saturated rings. The van der Waals surface area contributed by atoms with Crippen LogP contribution in [0.1, 0.15) is 5.56 Å². The van der Waals surface area contributed by atoms with Crippen LogP contribution < -0.4 is 9.64 Å². The van der Waals surface area contributed by atoms with Crippen molar-refractivity contribution in [2.45, 2.75) is 0 Å². The van der Waals surface area contributed by atoms with Gasteiger partial charge in [-0.05, 0) is 36.4 Å². The number of hydrogen-bond acceptors (Lipinski definition) is 3. The molecule has 4 nitrogen and oxygen atoms in total. The molecule has 24 heavy (non-hydrogen) atoms. The molecule has 0 aliphatic carbocycles. The van der Waals surface area contributed by atoms with Crippen molar-refractivity contribution in [3.63, 3.8) is 0 Å². The van der Waals surface area contributed by atoms with E-state index in [-0.39, 0.29) is 5.91 Å². The third-order valence-electron chi connectivity index (χ3n) is 4.09. The van der Waals surface area contributed by atoms with E-state index in [9.17, 15) is 4.79 Å². The van der Waals surface area contributed by atoms with E-state index < -0.39 is 0 Å². The molecule has 1 amide bonds. The molecule has 0 saturated carbocycles. The first-order valence-corrected chi connectivity index (χ1v) is 8.01. The zero-order valence-corrected chi connectivity index (χ0v) is 13.7. The summed E-state index contributed by atoms with van der Waals surface area (Å²) in [6.45, 7) is 3.00. The molecule has 3 rings (SSSR count). The lowest BCUT2D eigenvalue weighted by Gasteiger charge is -2.35. The third-order valence-corrected chi connectivity index (χ3v) is 4.09. The van der Waals surface area contributed by atoms with Crippen LogP contribution in [0, 0.1) is 11.8 Å². The van der Waals surface area contributed by atoms with E-state index in [2.05, 4.69) is 16.7 Å². The summed E-state index contributed by atoms with van der Waals surface area (Å²) in [5.41, 5.74) is 2.01. The number of methoxy groups -OCH3 is 1. The largest absolute Gasteiger partial charge is 0.497 e. The van der Waals surface area contributed by atoms with E-state index in [4.69, 9.17) is 4.74 Å². The Bertz CT molecular complexity index is 737. The van der Waals surface area contributed by atoms with Gasteiger partial charge in [0.15, 0.2) is 0 Å². The Morgan fingerprint density at radius 3 is 2.25 bits per heavy atom. The van der Waals surface area contributed by atoms with Gasteiger partial charge in [-0.1, -0.05) is 24.1 Å². The van der Waals surface area contributed by atoms with Gasteiger partial charge in [0.2, 0.25) is 0 Å². The summed E-state index contributed by atoms with van der Waals surface area (Å²) in [4.78, 5) is 16.3. The first-order chi connectivity index (χ1) is 11.8. The maximum atomic E-state index is 12.2. The molecule has 0 unspecified atom stereocenters. The summed E-state index contributed by atoms with van der Waals surface area (Å²) >= 11 is 0. The molecular formula is C20H20N2O2. The molecule has 1 aliphatic rings. The molecular weight excluding hydrogens is 300 g/mol. The van der Waals surface area contributed by atoms with Gasteiger partial charge in [-0.3, -0.25) is 4.79 Å². The van der Waals surface area contributed by atoms with Crippen LogP contribution in [-0.4, -0.2) is 44.1 Å². The quantitative estimate of drug-likeness (QED) is 0.797. The summed E-state index contributed by atoms with van der Waals surface area (Å²) in [7, 11) is 1.66. The first kappa shape index (κ1) is 15.9. The molecule has 0 aromatic heterocycles. The zero-order valence-electron chi connectivity index (χ0n) is 13.7. The molecule has 0 spiro atoms. The highest BCUT2D eigenvalue weighted by Gasteiger charge is 2.20. The number of benzene rings is 2. The fourth-order valence-corrected chi connectivity index (χ4v) is 2.69. The van der Waals surface area contributed by atoms with Gasteiger partial charge in [-0.25, -0.2) is 0 Å². The van der Waals surface area contributed by atoms with Crippen LogP contribution in [0.2, 0.25) is 0 Å². The molecule has 2 aromatic carbocycles. The molecule has 0 atom stereocenters. The third kappa shape index (κ3) is 3.88. The molecule has 1 aliphatic heterocycles. The van der Waals surface area contributed by atoms with Crippen molar-refractivity contribution in [2.75, 3.05) is 38.2 Å². The van der Waals surface area contributed by atoms with E-state index in [0.29, 0.717) is 13.1 Å². The topological polar surface area (TPSA) is 32.8 Å². The Hall–Kier alpha value is -2.93. The van der Waals surface area contributed by atoms with Gasteiger partial charge >= 0.3 is 0 Å². The molecule has 4 heteroatoms. The van der Waals surface area contributed by atoms with Crippen LogP contribution in [0.5, 0.6) is 5.75 Å². The van der Waals surface area contributed by atoms with E-state index in [0.717, 1.165) is 30.1 Å². The number of hydrogen-bond donors (Lipinski definition) is 0. The first-order valence-electron chi connectivity index (χ1n) is 8.01. The lowest BCUT2D eigenvalue weighted by molar-refractivity contribution is -0.125. The van der Waals surface area contributed by atoms with Crippen molar-refractivity contribution in [3.8, 4) is 17.6 Å². The minimum absolute atomic E-state index is 0.103. The van der Waals surface area contributed by atoms with E-state index >= 15 is 0 Å². The maximum Gasteiger partial charge on any atom is 0.298 e. The zero-order chi connectivity index (χ0) is 16.8. The molecule has 0 radical (unpaired) electrons. The highest BCUT2D eigenvalue weighted by molar-refractivity contribution is 5.94. The van der Waals surface area contributed by atoms with Crippen LogP contribution in [0.25, 0.3) is 0 Å². The van der Waals surface area contributed by atoms with Crippen LogP contribution in [-0.2, 0) is 4.79 Å². The lowest BCUT2D eigenvalue weighted by atomic mass is 10.2. The minimum Gasteiger partial charge on any atom is -0.497 e. The Morgan fingerprint density at radius 1 is 0.958 bits per heavy atom. The molecule has 0 bridgehead atoms. The summed E-state index contributed by atoms with van der Waals surface area (Å²) in [5.74, 6) is 6.42. The number of nitrogens with zero attached hydrogens (tertiary/aromatic N) is 2. The maximum absolute atomic E-state index is 12.2. The molecule has 2 aromatic rings.